The Kier molecular flexibility index (Phi) is 1.96. The van der Waals surface area contributed by atoms with Gasteiger partial charge in [0.15, 0.2) is 5.78 Å². The van der Waals surface area contributed by atoms with E-state index in [0.29, 0.717) is 6.42 Å². The maximum Gasteiger partial charge on any atom is 0.159 e. The van der Waals surface area contributed by atoms with Crippen molar-refractivity contribution >= 4 is 5.78 Å². The molecule has 1 saturated heterocycles. The van der Waals surface area contributed by atoms with Crippen LogP contribution in [-0.4, -0.2) is 29.6 Å². The van der Waals surface area contributed by atoms with Gasteiger partial charge in [0.05, 0.1) is 0 Å². The second-order valence-corrected chi connectivity index (χ2v) is 5.61. The molecule has 0 aromatic heterocycles. The minimum Gasteiger partial charge on any atom is -0.371 e. The highest BCUT2D eigenvalue weighted by Crippen LogP contribution is 2.51. The molecule has 0 radical (unpaired) electrons. The van der Waals surface area contributed by atoms with Gasteiger partial charge in [-0.25, -0.2) is 0 Å². The lowest BCUT2D eigenvalue weighted by Crippen LogP contribution is -2.54. The number of rotatable bonds is 1. The van der Waals surface area contributed by atoms with E-state index in [1.165, 1.54) is 0 Å². The zero-order valence-electron chi connectivity index (χ0n) is 10.1. The summed E-state index contributed by atoms with van der Waals surface area (Å²) >= 11 is 0. The Morgan fingerprint density at radius 3 is 2.40 bits per heavy atom. The molecule has 1 heterocycles. The summed E-state index contributed by atoms with van der Waals surface area (Å²) in [6.07, 6.45) is 2.22. The summed E-state index contributed by atoms with van der Waals surface area (Å²) in [6.45, 7) is 8.38. The van der Waals surface area contributed by atoms with Gasteiger partial charge in [0.25, 0.3) is 0 Å². The molecule has 3 nitrogen and oxygen atoms in total. The molecule has 1 unspecified atom stereocenters. The van der Waals surface area contributed by atoms with E-state index >= 15 is 0 Å². The number of allylic oxidation sites excluding steroid dienone is 1. The van der Waals surface area contributed by atoms with Crippen LogP contribution in [0, 0.1) is 0 Å². The third kappa shape index (κ3) is 1.16. The van der Waals surface area contributed by atoms with Gasteiger partial charge in [0, 0.05) is 24.6 Å². The first-order valence-electron chi connectivity index (χ1n) is 5.35. The molecule has 15 heavy (non-hydrogen) atoms. The van der Waals surface area contributed by atoms with E-state index in [2.05, 4.69) is 33.0 Å². The van der Waals surface area contributed by atoms with Gasteiger partial charge >= 0.3 is 0 Å². The third-order valence-electron chi connectivity index (χ3n) is 3.82. The van der Waals surface area contributed by atoms with E-state index in [9.17, 15) is 4.79 Å². The summed E-state index contributed by atoms with van der Waals surface area (Å²) < 4.78 is 5.69. The van der Waals surface area contributed by atoms with Crippen LogP contribution in [0.3, 0.4) is 0 Å². The number of hydrogen-bond donors (Lipinski definition) is 1. The van der Waals surface area contributed by atoms with Gasteiger partial charge in [0.2, 0.25) is 0 Å². The van der Waals surface area contributed by atoms with Crippen molar-refractivity contribution in [3.8, 4) is 0 Å². The molecule has 2 aliphatic rings. The highest BCUT2D eigenvalue weighted by Gasteiger charge is 2.62. The smallest absolute Gasteiger partial charge is 0.159 e. The van der Waals surface area contributed by atoms with Crippen LogP contribution >= 0.6 is 0 Å². The van der Waals surface area contributed by atoms with Crippen molar-refractivity contribution in [2.24, 2.45) is 0 Å². The van der Waals surface area contributed by atoms with Gasteiger partial charge in [-0.15, -0.1) is 0 Å². The molecule has 3 heteroatoms. The predicted molar refractivity (Wildman–Crippen MR) is 58.7 cm³/mol. The van der Waals surface area contributed by atoms with E-state index in [0.717, 1.165) is 5.57 Å². The van der Waals surface area contributed by atoms with Crippen molar-refractivity contribution in [2.75, 3.05) is 7.11 Å². The van der Waals surface area contributed by atoms with E-state index < -0.39 is 5.60 Å². The zero-order valence-corrected chi connectivity index (χ0v) is 10.1. The molecule has 1 atom stereocenters. The molecular weight excluding hydrogens is 190 g/mol. The van der Waals surface area contributed by atoms with Gasteiger partial charge < -0.3 is 4.74 Å². The summed E-state index contributed by atoms with van der Waals surface area (Å²) in [6, 6.07) is 0. The summed E-state index contributed by atoms with van der Waals surface area (Å²) in [5.41, 5.74) is 0.273. The number of carbonyl (C=O) groups is 1. The van der Waals surface area contributed by atoms with Crippen LogP contribution in [0.2, 0.25) is 0 Å². The van der Waals surface area contributed by atoms with Crippen molar-refractivity contribution in [3.63, 3.8) is 0 Å². The Morgan fingerprint density at radius 2 is 1.93 bits per heavy atom. The first kappa shape index (κ1) is 10.8. The average molecular weight is 209 g/mol. The predicted octanol–water partition coefficient (Wildman–Crippen LogP) is 1.43. The Hall–Kier alpha value is -0.670. The Balaban J connectivity index is 2.59. The Bertz CT molecular complexity index is 355. The maximum atomic E-state index is 11.6. The van der Waals surface area contributed by atoms with Crippen molar-refractivity contribution in [1.29, 1.82) is 0 Å². The normalized spacial score (nSPS) is 36.6. The summed E-state index contributed by atoms with van der Waals surface area (Å²) in [4.78, 5) is 11.6. The number of ether oxygens (including phenoxy) is 1. The van der Waals surface area contributed by atoms with Crippen LogP contribution in [0.4, 0.5) is 0 Å². The van der Waals surface area contributed by atoms with Gasteiger partial charge in [-0.3, -0.25) is 10.1 Å². The largest absolute Gasteiger partial charge is 0.371 e. The molecule has 0 spiro atoms. The quantitative estimate of drug-likeness (QED) is 0.710. The van der Waals surface area contributed by atoms with Crippen LogP contribution < -0.4 is 5.32 Å². The summed E-state index contributed by atoms with van der Waals surface area (Å²) in [5.74, 6) is 0.175. The molecule has 1 aliphatic heterocycles. The number of ketones is 1. The summed E-state index contributed by atoms with van der Waals surface area (Å²) in [7, 11) is 1.69. The molecule has 2 rings (SSSR count). The van der Waals surface area contributed by atoms with Crippen molar-refractivity contribution < 1.29 is 9.53 Å². The third-order valence-corrected chi connectivity index (χ3v) is 3.82. The van der Waals surface area contributed by atoms with E-state index in [4.69, 9.17) is 4.74 Å². The minimum absolute atomic E-state index is 0.161. The SMILES string of the molecule is COC12CC(=O)C=C1C(C)(C)NC2(C)C. The molecule has 1 N–H and O–H groups in total. The van der Waals surface area contributed by atoms with Crippen LogP contribution in [0.1, 0.15) is 34.1 Å². The fourth-order valence-electron chi connectivity index (χ4n) is 3.30. The first-order valence-corrected chi connectivity index (χ1v) is 5.35. The fraction of sp³-hybridized carbons (Fsp3) is 0.750. The van der Waals surface area contributed by atoms with Gasteiger partial charge in [-0.05, 0) is 39.3 Å². The lowest BCUT2D eigenvalue weighted by atomic mass is 9.79. The Morgan fingerprint density at radius 1 is 1.33 bits per heavy atom. The highest BCUT2D eigenvalue weighted by molar-refractivity contribution is 5.96. The van der Waals surface area contributed by atoms with Crippen LogP contribution in [0.5, 0.6) is 0 Å². The standard InChI is InChI=1S/C12H19NO2/c1-10(2)9-6-8(14)7-12(9,15-5)11(3,4)13-10/h6,13H,7H2,1-5H3. The second-order valence-electron chi connectivity index (χ2n) is 5.61. The van der Waals surface area contributed by atoms with Crippen LogP contribution in [0.15, 0.2) is 11.6 Å². The monoisotopic (exact) mass is 209 g/mol. The van der Waals surface area contributed by atoms with Gasteiger partial charge in [-0.1, -0.05) is 0 Å². The lowest BCUT2D eigenvalue weighted by Gasteiger charge is -2.37. The molecule has 1 fully saturated rings. The molecular formula is C12H19NO2. The number of hydrogen-bond acceptors (Lipinski definition) is 3. The molecule has 84 valence electrons. The van der Waals surface area contributed by atoms with E-state index in [1.807, 2.05) is 0 Å². The number of nitrogens with one attached hydrogen (secondary N) is 1. The fourth-order valence-corrected chi connectivity index (χ4v) is 3.30. The van der Waals surface area contributed by atoms with Gasteiger partial charge in [-0.2, -0.15) is 0 Å². The Labute approximate surface area is 90.9 Å². The van der Waals surface area contributed by atoms with Gasteiger partial charge in [0.1, 0.15) is 5.60 Å². The average Bonchev–Trinajstić information content (AvgIpc) is 2.48. The molecule has 1 aliphatic carbocycles. The molecule has 0 bridgehead atoms. The van der Waals surface area contributed by atoms with Crippen molar-refractivity contribution in [2.45, 2.75) is 50.8 Å². The topological polar surface area (TPSA) is 38.3 Å². The minimum atomic E-state index is -0.451. The highest BCUT2D eigenvalue weighted by atomic mass is 16.5. The zero-order chi connectivity index (χ0) is 11.5. The second kappa shape index (κ2) is 2.71. The molecule has 0 aromatic rings. The summed E-state index contributed by atoms with van der Waals surface area (Å²) in [5, 5.41) is 3.54. The maximum absolute atomic E-state index is 11.6. The van der Waals surface area contributed by atoms with E-state index in [1.54, 1.807) is 13.2 Å². The molecule has 0 amide bonds. The van der Waals surface area contributed by atoms with E-state index in [-0.39, 0.29) is 16.9 Å². The van der Waals surface area contributed by atoms with Crippen LogP contribution in [0.25, 0.3) is 0 Å². The number of fused-ring (bicyclic) bond motifs is 1. The molecule has 0 aromatic carbocycles. The van der Waals surface area contributed by atoms with Crippen LogP contribution in [-0.2, 0) is 9.53 Å². The number of methoxy groups -OCH3 is 1. The molecule has 0 saturated carbocycles. The van der Waals surface area contributed by atoms with Crippen molar-refractivity contribution in [3.05, 3.63) is 11.6 Å². The number of carbonyl (C=O) groups excluding carboxylic acids is 1. The van der Waals surface area contributed by atoms with Crippen molar-refractivity contribution in [1.82, 2.24) is 5.32 Å². The lowest BCUT2D eigenvalue weighted by molar-refractivity contribution is -0.119. The first-order chi connectivity index (χ1) is 6.75.